The molecule has 0 aromatic rings. The smallest absolute Gasteiger partial charge is 0.334 e. The van der Waals surface area contributed by atoms with E-state index < -0.39 is 5.97 Å². The van der Waals surface area contributed by atoms with E-state index in [1.54, 1.807) is 0 Å². The van der Waals surface area contributed by atoms with Crippen LogP contribution in [-0.2, 0) is 9.53 Å². The summed E-state index contributed by atoms with van der Waals surface area (Å²) in [7, 11) is 0. The number of esters is 1. The maximum absolute atomic E-state index is 10.7. The summed E-state index contributed by atoms with van der Waals surface area (Å²) in [4.78, 5) is 10.7. The summed E-state index contributed by atoms with van der Waals surface area (Å²) >= 11 is 0. The fourth-order valence-electron chi connectivity index (χ4n) is 1.16. The standard InChI is InChI=1S/C8H12O3/c1-3-7-5(2)6(9)4-8(10)11-7/h4-5,7,9H,3H2,1-2H3/t5-,7-/m0/s1. The molecule has 1 heterocycles. The van der Waals surface area contributed by atoms with Crippen molar-refractivity contribution in [3.63, 3.8) is 0 Å². The van der Waals surface area contributed by atoms with Gasteiger partial charge in [-0.2, -0.15) is 0 Å². The van der Waals surface area contributed by atoms with E-state index >= 15 is 0 Å². The first-order valence-electron chi connectivity index (χ1n) is 3.76. The third-order valence-electron chi connectivity index (χ3n) is 1.96. The fraction of sp³-hybridized carbons (Fsp3) is 0.625. The highest BCUT2D eigenvalue weighted by molar-refractivity contribution is 5.83. The average Bonchev–Trinajstić information content (AvgIpc) is 1.96. The molecule has 1 aliphatic heterocycles. The quantitative estimate of drug-likeness (QED) is 0.584. The number of carbonyl (C=O) groups excluding carboxylic acids is 1. The van der Waals surface area contributed by atoms with Crippen molar-refractivity contribution in [1.29, 1.82) is 0 Å². The number of aliphatic hydroxyl groups is 1. The minimum atomic E-state index is -0.438. The Balaban J connectivity index is 2.77. The van der Waals surface area contributed by atoms with Gasteiger partial charge in [-0.25, -0.2) is 4.79 Å². The highest BCUT2D eigenvalue weighted by Crippen LogP contribution is 2.22. The van der Waals surface area contributed by atoms with Crippen molar-refractivity contribution in [3.05, 3.63) is 11.8 Å². The summed E-state index contributed by atoms with van der Waals surface area (Å²) in [6.07, 6.45) is 1.72. The van der Waals surface area contributed by atoms with Gasteiger partial charge in [0.2, 0.25) is 0 Å². The number of hydrogen-bond acceptors (Lipinski definition) is 3. The Morgan fingerprint density at radius 3 is 2.91 bits per heavy atom. The van der Waals surface area contributed by atoms with E-state index in [1.807, 2.05) is 13.8 Å². The molecular formula is C8H12O3. The van der Waals surface area contributed by atoms with Gasteiger partial charge in [-0.05, 0) is 6.42 Å². The second-order valence-electron chi connectivity index (χ2n) is 2.74. The predicted molar refractivity (Wildman–Crippen MR) is 40.0 cm³/mol. The number of ether oxygens (including phenoxy) is 1. The highest BCUT2D eigenvalue weighted by atomic mass is 16.5. The number of carbonyl (C=O) groups is 1. The predicted octanol–water partition coefficient (Wildman–Crippen LogP) is 1.40. The molecule has 1 N–H and O–H groups in total. The van der Waals surface area contributed by atoms with Crippen LogP contribution in [0.3, 0.4) is 0 Å². The van der Waals surface area contributed by atoms with Crippen LogP contribution in [0.2, 0.25) is 0 Å². The Kier molecular flexibility index (Phi) is 2.17. The molecule has 1 rings (SSSR count). The Morgan fingerprint density at radius 1 is 1.73 bits per heavy atom. The van der Waals surface area contributed by atoms with Gasteiger partial charge in [-0.15, -0.1) is 0 Å². The van der Waals surface area contributed by atoms with Gasteiger partial charge >= 0.3 is 5.97 Å². The Labute approximate surface area is 65.7 Å². The van der Waals surface area contributed by atoms with Gasteiger partial charge in [0.05, 0.1) is 12.0 Å². The summed E-state index contributed by atoms with van der Waals surface area (Å²) in [6, 6.07) is 0. The van der Waals surface area contributed by atoms with Crippen molar-refractivity contribution in [1.82, 2.24) is 0 Å². The lowest BCUT2D eigenvalue weighted by Gasteiger charge is -2.25. The third kappa shape index (κ3) is 1.53. The molecule has 0 fully saturated rings. The topological polar surface area (TPSA) is 46.5 Å². The van der Waals surface area contributed by atoms with Gasteiger partial charge in [-0.3, -0.25) is 0 Å². The summed E-state index contributed by atoms with van der Waals surface area (Å²) in [5, 5.41) is 9.21. The van der Waals surface area contributed by atoms with E-state index in [0.29, 0.717) is 0 Å². The number of cyclic esters (lactones) is 1. The van der Waals surface area contributed by atoms with Crippen LogP contribution in [0.15, 0.2) is 11.8 Å². The van der Waals surface area contributed by atoms with Gasteiger partial charge in [0, 0.05) is 0 Å². The maximum atomic E-state index is 10.7. The first-order chi connectivity index (χ1) is 5.15. The van der Waals surface area contributed by atoms with Gasteiger partial charge in [-0.1, -0.05) is 13.8 Å². The monoisotopic (exact) mass is 156 g/mol. The third-order valence-corrected chi connectivity index (χ3v) is 1.96. The molecule has 2 atom stereocenters. The normalized spacial score (nSPS) is 31.1. The molecule has 0 unspecified atom stereocenters. The van der Waals surface area contributed by atoms with E-state index in [2.05, 4.69) is 0 Å². The molecule has 0 bridgehead atoms. The summed E-state index contributed by atoms with van der Waals surface area (Å²) < 4.78 is 4.94. The van der Waals surface area contributed by atoms with Crippen LogP contribution in [0.4, 0.5) is 0 Å². The number of rotatable bonds is 1. The first-order valence-corrected chi connectivity index (χ1v) is 3.76. The zero-order valence-corrected chi connectivity index (χ0v) is 6.70. The average molecular weight is 156 g/mol. The highest BCUT2D eigenvalue weighted by Gasteiger charge is 2.27. The van der Waals surface area contributed by atoms with Crippen LogP contribution < -0.4 is 0 Å². The minimum Gasteiger partial charge on any atom is -0.512 e. The zero-order valence-electron chi connectivity index (χ0n) is 6.70. The molecule has 0 saturated heterocycles. The SMILES string of the molecule is CC[C@@H]1OC(=O)C=C(O)[C@@H]1C. The van der Waals surface area contributed by atoms with E-state index in [9.17, 15) is 9.90 Å². The summed E-state index contributed by atoms with van der Waals surface area (Å²) in [5.41, 5.74) is 0. The maximum Gasteiger partial charge on any atom is 0.334 e. The summed E-state index contributed by atoms with van der Waals surface area (Å²) in [6.45, 7) is 3.76. The lowest BCUT2D eigenvalue weighted by atomic mass is 9.98. The fourth-order valence-corrected chi connectivity index (χ4v) is 1.16. The molecule has 0 spiro atoms. The molecule has 0 aromatic heterocycles. The number of aliphatic hydroxyl groups excluding tert-OH is 1. The molecule has 62 valence electrons. The van der Waals surface area contributed by atoms with Gasteiger partial charge in [0.25, 0.3) is 0 Å². The zero-order chi connectivity index (χ0) is 8.43. The lowest BCUT2D eigenvalue weighted by molar-refractivity contribution is -0.148. The van der Waals surface area contributed by atoms with E-state index in [-0.39, 0.29) is 17.8 Å². The molecule has 0 saturated carbocycles. The lowest BCUT2D eigenvalue weighted by Crippen LogP contribution is -2.29. The van der Waals surface area contributed by atoms with Crippen molar-refractivity contribution in [2.75, 3.05) is 0 Å². The van der Waals surface area contributed by atoms with Crippen LogP contribution in [0.1, 0.15) is 20.3 Å². The molecule has 3 nitrogen and oxygen atoms in total. The Hall–Kier alpha value is -0.990. The van der Waals surface area contributed by atoms with E-state index in [4.69, 9.17) is 4.74 Å². The van der Waals surface area contributed by atoms with E-state index in [1.165, 1.54) is 0 Å². The largest absolute Gasteiger partial charge is 0.512 e. The molecular weight excluding hydrogens is 144 g/mol. The van der Waals surface area contributed by atoms with Gasteiger partial charge in [0.15, 0.2) is 0 Å². The van der Waals surface area contributed by atoms with Crippen molar-refractivity contribution in [2.45, 2.75) is 26.4 Å². The van der Waals surface area contributed by atoms with Crippen LogP contribution in [0.5, 0.6) is 0 Å². The first kappa shape index (κ1) is 8.11. The van der Waals surface area contributed by atoms with E-state index in [0.717, 1.165) is 12.5 Å². The molecule has 0 radical (unpaired) electrons. The molecule has 11 heavy (non-hydrogen) atoms. The summed E-state index contributed by atoms with van der Waals surface area (Å²) in [5.74, 6) is -0.363. The molecule has 1 aliphatic rings. The van der Waals surface area contributed by atoms with Crippen molar-refractivity contribution in [3.8, 4) is 0 Å². The van der Waals surface area contributed by atoms with Crippen molar-refractivity contribution < 1.29 is 14.6 Å². The van der Waals surface area contributed by atoms with Crippen LogP contribution in [0.25, 0.3) is 0 Å². The second kappa shape index (κ2) is 2.95. The minimum absolute atomic E-state index is 0.0577. The van der Waals surface area contributed by atoms with Crippen LogP contribution in [0, 0.1) is 5.92 Å². The molecule has 3 heteroatoms. The van der Waals surface area contributed by atoms with Crippen LogP contribution in [-0.4, -0.2) is 17.2 Å². The molecule has 0 aliphatic carbocycles. The number of hydrogen-bond donors (Lipinski definition) is 1. The van der Waals surface area contributed by atoms with Crippen molar-refractivity contribution in [2.24, 2.45) is 5.92 Å². The van der Waals surface area contributed by atoms with Gasteiger partial charge in [0.1, 0.15) is 11.9 Å². The van der Waals surface area contributed by atoms with Crippen LogP contribution >= 0.6 is 0 Å². The Bertz CT molecular complexity index is 196. The Morgan fingerprint density at radius 2 is 2.36 bits per heavy atom. The molecule has 0 aromatic carbocycles. The molecule has 0 amide bonds. The second-order valence-corrected chi connectivity index (χ2v) is 2.74. The van der Waals surface area contributed by atoms with Crippen molar-refractivity contribution >= 4 is 5.97 Å². The van der Waals surface area contributed by atoms with Gasteiger partial charge < -0.3 is 9.84 Å².